The van der Waals surface area contributed by atoms with E-state index in [4.69, 9.17) is 0 Å². The quantitative estimate of drug-likeness (QED) is 0.792. The molecule has 90 valence electrons. The largest absolute Gasteiger partial charge is 0.504 e. The van der Waals surface area contributed by atoms with Gasteiger partial charge in [-0.3, -0.25) is 0 Å². The zero-order chi connectivity index (χ0) is 12.5. The van der Waals surface area contributed by atoms with Gasteiger partial charge in [-0.2, -0.15) is 5.10 Å². The maximum Gasteiger partial charge on any atom is 0.197 e. The van der Waals surface area contributed by atoms with Gasteiger partial charge in [-0.1, -0.05) is 28.1 Å². The SMILES string of the molecule is Oc1cccn2nc(Cc3ccc(Br)cc3)nc12. The summed E-state index contributed by atoms with van der Waals surface area (Å²) in [6, 6.07) is 11.4. The van der Waals surface area contributed by atoms with Crippen molar-refractivity contribution in [3.05, 3.63) is 58.5 Å². The molecule has 0 aliphatic heterocycles. The number of nitrogens with zero attached hydrogens (tertiary/aromatic N) is 3. The molecule has 0 unspecified atom stereocenters. The van der Waals surface area contributed by atoms with Gasteiger partial charge in [0.2, 0.25) is 0 Å². The van der Waals surface area contributed by atoms with Crippen LogP contribution in [0.25, 0.3) is 5.65 Å². The maximum atomic E-state index is 9.66. The third-order valence-electron chi connectivity index (χ3n) is 2.66. The topological polar surface area (TPSA) is 50.4 Å². The van der Waals surface area contributed by atoms with Crippen LogP contribution in [0.3, 0.4) is 0 Å². The number of hydrogen-bond donors (Lipinski definition) is 1. The van der Waals surface area contributed by atoms with Crippen LogP contribution in [-0.2, 0) is 6.42 Å². The summed E-state index contributed by atoms with van der Waals surface area (Å²) >= 11 is 3.40. The van der Waals surface area contributed by atoms with Gasteiger partial charge in [0.25, 0.3) is 0 Å². The molecule has 0 saturated carbocycles. The number of halogens is 1. The molecule has 0 saturated heterocycles. The van der Waals surface area contributed by atoms with E-state index in [2.05, 4.69) is 26.0 Å². The second kappa shape index (κ2) is 4.42. The van der Waals surface area contributed by atoms with E-state index in [1.807, 2.05) is 24.3 Å². The molecule has 0 bridgehead atoms. The van der Waals surface area contributed by atoms with Gasteiger partial charge in [0, 0.05) is 17.1 Å². The third-order valence-corrected chi connectivity index (χ3v) is 3.19. The number of rotatable bonds is 2. The van der Waals surface area contributed by atoms with E-state index in [1.54, 1.807) is 22.8 Å². The average Bonchev–Trinajstić information content (AvgIpc) is 2.76. The summed E-state index contributed by atoms with van der Waals surface area (Å²) in [5.74, 6) is 0.839. The highest BCUT2D eigenvalue weighted by Gasteiger charge is 2.07. The zero-order valence-corrected chi connectivity index (χ0v) is 11.0. The average molecular weight is 304 g/mol. The highest BCUT2D eigenvalue weighted by Crippen LogP contribution is 2.17. The van der Waals surface area contributed by atoms with Gasteiger partial charge in [0.1, 0.15) is 0 Å². The Bertz CT molecular complexity index is 691. The van der Waals surface area contributed by atoms with Crippen LogP contribution in [-0.4, -0.2) is 19.7 Å². The summed E-state index contributed by atoms with van der Waals surface area (Å²) in [4.78, 5) is 4.32. The summed E-state index contributed by atoms with van der Waals surface area (Å²) in [6.45, 7) is 0. The van der Waals surface area contributed by atoms with Crippen molar-refractivity contribution in [2.75, 3.05) is 0 Å². The summed E-state index contributed by atoms with van der Waals surface area (Å²) in [5, 5.41) is 14.0. The monoisotopic (exact) mass is 303 g/mol. The van der Waals surface area contributed by atoms with Gasteiger partial charge >= 0.3 is 0 Å². The Kier molecular flexibility index (Phi) is 2.76. The fourth-order valence-electron chi connectivity index (χ4n) is 1.80. The van der Waals surface area contributed by atoms with Crippen LogP contribution in [0.15, 0.2) is 47.1 Å². The number of pyridine rings is 1. The molecule has 0 radical (unpaired) electrons. The number of aromatic nitrogens is 3. The number of aromatic hydroxyl groups is 1. The fraction of sp³-hybridized carbons (Fsp3) is 0.0769. The maximum absolute atomic E-state index is 9.66. The molecule has 3 rings (SSSR count). The lowest BCUT2D eigenvalue weighted by molar-refractivity contribution is 0.477. The predicted octanol–water partition coefficient (Wildman–Crippen LogP) is 2.79. The van der Waals surface area contributed by atoms with Gasteiger partial charge in [0.15, 0.2) is 17.2 Å². The van der Waals surface area contributed by atoms with Crippen molar-refractivity contribution in [2.45, 2.75) is 6.42 Å². The van der Waals surface area contributed by atoms with Crippen molar-refractivity contribution in [2.24, 2.45) is 0 Å². The summed E-state index contributed by atoms with van der Waals surface area (Å²) in [7, 11) is 0. The molecule has 0 spiro atoms. The second-order valence-electron chi connectivity index (χ2n) is 3.99. The van der Waals surface area contributed by atoms with Crippen LogP contribution in [0.1, 0.15) is 11.4 Å². The first kappa shape index (κ1) is 11.2. The first-order valence-corrected chi connectivity index (χ1v) is 6.29. The van der Waals surface area contributed by atoms with Crippen LogP contribution in [0.2, 0.25) is 0 Å². The first-order chi connectivity index (χ1) is 8.72. The van der Waals surface area contributed by atoms with E-state index >= 15 is 0 Å². The molecule has 0 fully saturated rings. The van der Waals surface area contributed by atoms with Crippen molar-refractivity contribution in [1.29, 1.82) is 0 Å². The first-order valence-electron chi connectivity index (χ1n) is 5.50. The second-order valence-corrected chi connectivity index (χ2v) is 4.91. The van der Waals surface area contributed by atoms with Crippen molar-refractivity contribution >= 4 is 21.6 Å². The van der Waals surface area contributed by atoms with Crippen molar-refractivity contribution in [3.63, 3.8) is 0 Å². The lowest BCUT2D eigenvalue weighted by Gasteiger charge is -1.96. The van der Waals surface area contributed by atoms with Crippen LogP contribution in [0, 0.1) is 0 Å². The highest BCUT2D eigenvalue weighted by molar-refractivity contribution is 9.10. The molecule has 2 heterocycles. The molecule has 2 aromatic heterocycles. The molecular formula is C13H10BrN3O. The molecule has 4 nitrogen and oxygen atoms in total. The Morgan fingerprint density at radius 2 is 1.94 bits per heavy atom. The lowest BCUT2D eigenvalue weighted by atomic mass is 10.1. The normalized spacial score (nSPS) is 10.9. The summed E-state index contributed by atoms with van der Waals surface area (Å²) in [5.41, 5.74) is 1.62. The molecule has 3 aromatic rings. The van der Waals surface area contributed by atoms with Crippen molar-refractivity contribution in [1.82, 2.24) is 14.6 Å². The molecule has 5 heteroatoms. The van der Waals surface area contributed by atoms with E-state index in [0.29, 0.717) is 17.9 Å². The Labute approximate surface area is 112 Å². The Balaban J connectivity index is 1.95. The summed E-state index contributed by atoms with van der Waals surface area (Å²) < 4.78 is 2.63. The van der Waals surface area contributed by atoms with E-state index in [-0.39, 0.29) is 5.75 Å². The molecule has 0 amide bonds. The van der Waals surface area contributed by atoms with Gasteiger partial charge < -0.3 is 5.11 Å². The molecule has 0 aliphatic carbocycles. The third kappa shape index (κ3) is 2.09. The lowest BCUT2D eigenvalue weighted by Crippen LogP contribution is -1.91. The van der Waals surface area contributed by atoms with Gasteiger partial charge in [-0.25, -0.2) is 9.50 Å². The predicted molar refractivity (Wildman–Crippen MR) is 71.6 cm³/mol. The minimum atomic E-state index is 0.145. The van der Waals surface area contributed by atoms with Crippen LogP contribution >= 0.6 is 15.9 Å². The van der Waals surface area contributed by atoms with Gasteiger partial charge in [-0.15, -0.1) is 0 Å². The Morgan fingerprint density at radius 1 is 1.17 bits per heavy atom. The molecular weight excluding hydrogens is 294 g/mol. The minimum absolute atomic E-state index is 0.145. The van der Waals surface area contributed by atoms with Crippen molar-refractivity contribution < 1.29 is 5.11 Å². The van der Waals surface area contributed by atoms with Crippen LogP contribution in [0.5, 0.6) is 5.75 Å². The zero-order valence-electron chi connectivity index (χ0n) is 9.42. The number of fused-ring (bicyclic) bond motifs is 1. The molecule has 0 aliphatic rings. The highest BCUT2D eigenvalue weighted by atomic mass is 79.9. The van der Waals surface area contributed by atoms with E-state index in [0.717, 1.165) is 10.0 Å². The molecule has 1 aromatic carbocycles. The van der Waals surface area contributed by atoms with E-state index in [9.17, 15) is 5.11 Å². The smallest absolute Gasteiger partial charge is 0.197 e. The van der Waals surface area contributed by atoms with Gasteiger partial charge in [0.05, 0.1) is 0 Å². The standard InChI is InChI=1S/C13H10BrN3O/c14-10-5-3-9(4-6-10)8-12-15-13-11(18)2-1-7-17(13)16-12/h1-7,18H,8H2. The van der Waals surface area contributed by atoms with Crippen molar-refractivity contribution in [3.8, 4) is 5.75 Å². The summed E-state index contributed by atoms with van der Waals surface area (Å²) in [6.07, 6.45) is 2.42. The molecule has 18 heavy (non-hydrogen) atoms. The molecule has 1 N–H and O–H groups in total. The minimum Gasteiger partial charge on any atom is -0.504 e. The van der Waals surface area contributed by atoms with E-state index in [1.165, 1.54) is 0 Å². The fourth-order valence-corrected chi connectivity index (χ4v) is 2.06. The number of benzene rings is 1. The van der Waals surface area contributed by atoms with Crippen LogP contribution in [0.4, 0.5) is 0 Å². The number of hydrogen-bond acceptors (Lipinski definition) is 3. The van der Waals surface area contributed by atoms with Gasteiger partial charge in [-0.05, 0) is 29.8 Å². The molecule has 0 atom stereocenters. The van der Waals surface area contributed by atoms with Crippen LogP contribution < -0.4 is 0 Å². The Morgan fingerprint density at radius 3 is 2.67 bits per heavy atom. The van der Waals surface area contributed by atoms with E-state index < -0.39 is 0 Å². The Hall–Kier alpha value is -1.88.